The van der Waals surface area contributed by atoms with Gasteiger partial charge in [0.05, 0.1) is 21.2 Å². The average molecular weight is 254 g/mol. The number of nitrogens with one attached hydrogen (secondary N) is 1. The van der Waals surface area contributed by atoms with Crippen molar-refractivity contribution in [2.45, 2.75) is 6.10 Å². The molecule has 3 nitrogen and oxygen atoms in total. The monoisotopic (exact) mass is 253 g/mol. The van der Waals surface area contributed by atoms with Crippen LogP contribution in [0.2, 0.25) is 4.34 Å². The zero-order valence-corrected chi connectivity index (χ0v) is 9.49. The molecule has 1 atom stereocenters. The van der Waals surface area contributed by atoms with Gasteiger partial charge in [-0.15, -0.1) is 22.9 Å². The molecular weight excluding hydrogens is 245 g/mol. The summed E-state index contributed by atoms with van der Waals surface area (Å²) in [5.74, 6) is -0.142. The fraction of sp³-hybridized carbons (Fsp3) is 0.375. The highest BCUT2D eigenvalue weighted by Crippen LogP contribution is 2.20. The summed E-state index contributed by atoms with van der Waals surface area (Å²) in [7, 11) is 0. The van der Waals surface area contributed by atoms with Crippen LogP contribution in [0.5, 0.6) is 0 Å². The second-order valence-electron chi connectivity index (χ2n) is 2.62. The molecule has 78 valence electrons. The van der Waals surface area contributed by atoms with E-state index in [1.165, 1.54) is 11.3 Å². The molecule has 6 heteroatoms. The molecule has 0 spiro atoms. The van der Waals surface area contributed by atoms with Crippen LogP contribution in [0.1, 0.15) is 9.67 Å². The number of alkyl halides is 1. The molecule has 1 heterocycles. The predicted octanol–water partition coefficient (Wildman–Crippen LogP) is 1.73. The lowest BCUT2D eigenvalue weighted by Crippen LogP contribution is -2.32. The Hall–Kier alpha value is -0.290. The summed E-state index contributed by atoms with van der Waals surface area (Å²) in [5.41, 5.74) is 0. The minimum Gasteiger partial charge on any atom is -0.390 e. The van der Waals surface area contributed by atoms with E-state index in [0.717, 1.165) is 0 Å². The molecule has 1 aromatic heterocycles. The molecule has 0 bridgehead atoms. The molecular formula is C8H9Cl2NO2S. The van der Waals surface area contributed by atoms with Gasteiger partial charge >= 0.3 is 0 Å². The Morgan fingerprint density at radius 1 is 1.64 bits per heavy atom. The van der Waals surface area contributed by atoms with Crippen molar-refractivity contribution >= 4 is 40.4 Å². The van der Waals surface area contributed by atoms with Gasteiger partial charge in [-0.3, -0.25) is 4.79 Å². The number of hydrogen-bond acceptors (Lipinski definition) is 3. The summed E-state index contributed by atoms with van der Waals surface area (Å²) in [6.07, 6.45) is -0.712. The second kappa shape index (κ2) is 5.56. The molecule has 1 aromatic rings. The molecule has 0 aliphatic heterocycles. The summed E-state index contributed by atoms with van der Waals surface area (Å²) >= 11 is 12.2. The first-order chi connectivity index (χ1) is 6.63. The van der Waals surface area contributed by atoms with E-state index < -0.39 is 6.10 Å². The van der Waals surface area contributed by atoms with Gasteiger partial charge in [0.2, 0.25) is 0 Å². The smallest absolute Gasteiger partial charge is 0.261 e. The van der Waals surface area contributed by atoms with Crippen LogP contribution in [0, 0.1) is 0 Å². The number of aliphatic hydroxyl groups excluding tert-OH is 1. The summed E-state index contributed by atoms with van der Waals surface area (Å²) in [6, 6.07) is 3.29. The van der Waals surface area contributed by atoms with Crippen LogP contribution in [0.15, 0.2) is 12.1 Å². The summed E-state index contributed by atoms with van der Waals surface area (Å²) < 4.78 is 0.563. The van der Waals surface area contributed by atoms with Crippen LogP contribution in [0.4, 0.5) is 0 Å². The molecule has 1 amide bonds. The van der Waals surface area contributed by atoms with E-state index in [2.05, 4.69) is 5.32 Å². The van der Waals surface area contributed by atoms with Crippen molar-refractivity contribution in [3.63, 3.8) is 0 Å². The third-order valence-corrected chi connectivity index (χ3v) is 3.06. The summed E-state index contributed by atoms with van der Waals surface area (Å²) in [5, 5.41) is 11.6. The first-order valence-electron chi connectivity index (χ1n) is 3.91. The van der Waals surface area contributed by atoms with Crippen molar-refractivity contribution in [1.29, 1.82) is 0 Å². The van der Waals surface area contributed by atoms with Crippen LogP contribution < -0.4 is 5.32 Å². The quantitative estimate of drug-likeness (QED) is 0.804. The first kappa shape index (κ1) is 11.8. The Bertz CT molecular complexity index is 316. The standard InChI is InChI=1S/C8H9Cl2NO2S/c9-3-5(12)4-11-8(13)6-1-2-7(10)14-6/h1-2,5,12H,3-4H2,(H,11,13)/t5-/m1/s1. The zero-order chi connectivity index (χ0) is 10.6. The third kappa shape index (κ3) is 3.46. The van der Waals surface area contributed by atoms with Gasteiger partial charge in [0.25, 0.3) is 5.91 Å². The maximum atomic E-state index is 11.4. The molecule has 0 saturated heterocycles. The Labute approximate surface area is 95.6 Å². The van der Waals surface area contributed by atoms with Gasteiger partial charge < -0.3 is 10.4 Å². The van der Waals surface area contributed by atoms with Gasteiger partial charge in [0.1, 0.15) is 0 Å². The normalized spacial score (nSPS) is 12.5. The van der Waals surface area contributed by atoms with Crippen LogP contribution in [-0.4, -0.2) is 29.5 Å². The number of thiophene rings is 1. The SMILES string of the molecule is O=C(NC[C@H](O)CCl)c1ccc(Cl)s1. The lowest BCUT2D eigenvalue weighted by atomic mass is 10.4. The molecule has 0 aliphatic rings. The second-order valence-corrected chi connectivity index (χ2v) is 4.65. The van der Waals surface area contributed by atoms with E-state index in [0.29, 0.717) is 9.21 Å². The maximum absolute atomic E-state index is 11.4. The lowest BCUT2D eigenvalue weighted by molar-refractivity contribution is 0.0929. The maximum Gasteiger partial charge on any atom is 0.261 e. The molecule has 1 rings (SSSR count). The first-order valence-corrected chi connectivity index (χ1v) is 5.64. The molecule has 0 radical (unpaired) electrons. The highest BCUT2D eigenvalue weighted by molar-refractivity contribution is 7.17. The van der Waals surface area contributed by atoms with Crippen molar-refractivity contribution < 1.29 is 9.90 Å². The Balaban J connectivity index is 2.43. The van der Waals surface area contributed by atoms with E-state index in [-0.39, 0.29) is 18.3 Å². The number of carbonyl (C=O) groups is 1. The van der Waals surface area contributed by atoms with Crippen molar-refractivity contribution in [1.82, 2.24) is 5.32 Å². The molecule has 14 heavy (non-hydrogen) atoms. The van der Waals surface area contributed by atoms with Crippen LogP contribution in [0.25, 0.3) is 0 Å². The van der Waals surface area contributed by atoms with E-state index in [1.54, 1.807) is 12.1 Å². The highest BCUT2D eigenvalue weighted by Gasteiger charge is 2.09. The van der Waals surface area contributed by atoms with Crippen LogP contribution in [0.3, 0.4) is 0 Å². The number of halogens is 2. The number of amides is 1. The van der Waals surface area contributed by atoms with Crippen molar-refractivity contribution in [3.8, 4) is 0 Å². The van der Waals surface area contributed by atoms with Crippen LogP contribution >= 0.6 is 34.5 Å². The average Bonchev–Trinajstić information content (AvgIpc) is 2.60. The molecule has 0 saturated carbocycles. The Morgan fingerprint density at radius 2 is 2.36 bits per heavy atom. The number of hydrogen-bond donors (Lipinski definition) is 2. The van der Waals surface area contributed by atoms with Gasteiger partial charge in [-0.2, -0.15) is 0 Å². The lowest BCUT2D eigenvalue weighted by Gasteiger charge is -2.07. The fourth-order valence-corrected chi connectivity index (χ4v) is 1.86. The minimum absolute atomic E-state index is 0.103. The molecule has 0 unspecified atom stereocenters. The van der Waals surface area contributed by atoms with Gasteiger partial charge in [0.15, 0.2) is 0 Å². The number of carbonyl (C=O) groups excluding carboxylic acids is 1. The van der Waals surface area contributed by atoms with Gasteiger partial charge in [0, 0.05) is 6.54 Å². The molecule has 0 aromatic carbocycles. The van der Waals surface area contributed by atoms with Crippen molar-refractivity contribution in [3.05, 3.63) is 21.3 Å². The summed E-state index contributed by atoms with van der Waals surface area (Å²) in [4.78, 5) is 11.9. The largest absolute Gasteiger partial charge is 0.390 e. The number of rotatable bonds is 4. The molecule has 0 aliphatic carbocycles. The topological polar surface area (TPSA) is 49.3 Å². The van der Waals surface area contributed by atoms with E-state index in [4.69, 9.17) is 28.3 Å². The van der Waals surface area contributed by atoms with Crippen molar-refractivity contribution in [2.75, 3.05) is 12.4 Å². The van der Waals surface area contributed by atoms with E-state index >= 15 is 0 Å². The van der Waals surface area contributed by atoms with E-state index in [9.17, 15) is 4.79 Å². The summed E-state index contributed by atoms with van der Waals surface area (Å²) in [6.45, 7) is 0.151. The zero-order valence-electron chi connectivity index (χ0n) is 7.17. The fourth-order valence-electron chi connectivity index (χ4n) is 0.789. The highest BCUT2D eigenvalue weighted by atomic mass is 35.5. The van der Waals surface area contributed by atoms with Crippen molar-refractivity contribution in [2.24, 2.45) is 0 Å². The molecule has 0 fully saturated rings. The Morgan fingerprint density at radius 3 is 2.86 bits per heavy atom. The van der Waals surface area contributed by atoms with Crippen LogP contribution in [-0.2, 0) is 0 Å². The Kier molecular flexibility index (Phi) is 4.68. The minimum atomic E-state index is -0.712. The van der Waals surface area contributed by atoms with Gasteiger partial charge in [-0.25, -0.2) is 0 Å². The van der Waals surface area contributed by atoms with E-state index in [1.807, 2.05) is 0 Å². The molecule has 2 N–H and O–H groups in total. The van der Waals surface area contributed by atoms with Gasteiger partial charge in [-0.05, 0) is 12.1 Å². The number of aliphatic hydroxyl groups is 1. The van der Waals surface area contributed by atoms with Gasteiger partial charge in [-0.1, -0.05) is 11.6 Å². The third-order valence-electron chi connectivity index (χ3n) is 1.47. The predicted molar refractivity (Wildman–Crippen MR) is 58.4 cm³/mol.